The van der Waals surface area contributed by atoms with E-state index in [1.807, 2.05) is 25.1 Å². The van der Waals surface area contributed by atoms with Gasteiger partial charge in [-0.2, -0.15) is 0 Å². The van der Waals surface area contributed by atoms with Gasteiger partial charge in [0, 0.05) is 12.6 Å². The van der Waals surface area contributed by atoms with Crippen molar-refractivity contribution in [3.63, 3.8) is 0 Å². The molecule has 1 atom stereocenters. The van der Waals surface area contributed by atoms with Gasteiger partial charge < -0.3 is 14.8 Å². The Hall–Kier alpha value is -1.48. The first-order valence-corrected chi connectivity index (χ1v) is 6.35. The van der Waals surface area contributed by atoms with E-state index in [0.29, 0.717) is 12.6 Å². The molecule has 0 aliphatic carbocycles. The Morgan fingerprint density at radius 1 is 1.39 bits per heavy atom. The summed E-state index contributed by atoms with van der Waals surface area (Å²) in [7, 11) is 1.65. The zero-order valence-corrected chi connectivity index (χ0v) is 11.5. The molecule has 0 aromatic heterocycles. The SMILES string of the molecule is C=CCC(C)NCc1ccc(OC)c(OCC)c1. The minimum atomic E-state index is 0.431. The summed E-state index contributed by atoms with van der Waals surface area (Å²) in [5.41, 5.74) is 1.19. The first kappa shape index (κ1) is 14.6. The van der Waals surface area contributed by atoms with E-state index in [-0.39, 0.29) is 0 Å². The van der Waals surface area contributed by atoms with Gasteiger partial charge in [-0.1, -0.05) is 12.1 Å². The van der Waals surface area contributed by atoms with Crippen LogP contribution in [0.4, 0.5) is 0 Å². The molecule has 1 N–H and O–H groups in total. The normalized spacial score (nSPS) is 11.9. The van der Waals surface area contributed by atoms with Crippen molar-refractivity contribution < 1.29 is 9.47 Å². The van der Waals surface area contributed by atoms with Crippen LogP contribution in [0.5, 0.6) is 11.5 Å². The minimum Gasteiger partial charge on any atom is -0.493 e. The fourth-order valence-electron chi connectivity index (χ4n) is 1.72. The number of benzene rings is 1. The summed E-state index contributed by atoms with van der Waals surface area (Å²) in [6.07, 6.45) is 2.89. The summed E-state index contributed by atoms with van der Waals surface area (Å²) >= 11 is 0. The van der Waals surface area contributed by atoms with Crippen LogP contribution in [0, 0.1) is 0 Å². The smallest absolute Gasteiger partial charge is 0.161 e. The molecule has 1 unspecified atom stereocenters. The standard InChI is InChI=1S/C15H23NO2/c1-5-7-12(3)16-11-13-8-9-14(17-4)15(10-13)18-6-2/h5,8-10,12,16H,1,6-7,11H2,2-4H3. The van der Waals surface area contributed by atoms with Gasteiger partial charge in [0.05, 0.1) is 13.7 Å². The van der Waals surface area contributed by atoms with Gasteiger partial charge in [-0.05, 0) is 38.0 Å². The third kappa shape index (κ3) is 4.41. The predicted molar refractivity (Wildman–Crippen MR) is 75.3 cm³/mol. The van der Waals surface area contributed by atoms with Gasteiger partial charge >= 0.3 is 0 Å². The molecule has 100 valence electrons. The van der Waals surface area contributed by atoms with Gasteiger partial charge in [-0.15, -0.1) is 6.58 Å². The molecule has 0 aliphatic rings. The highest BCUT2D eigenvalue weighted by molar-refractivity contribution is 5.42. The second-order valence-electron chi connectivity index (χ2n) is 4.22. The first-order valence-electron chi connectivity index (χ1n) is 6.35. The summed E-state index contributed by atoms with van der Waals surface area (Å²) in [4.78, 5) is 0. The molecule has 0 amide bonds. The molecular formula is C15H23NO2. The van der Waals surface area contributed by atoms with Crippen molar-refractivity contribution in [1.82, 2.24) is 5.32 Å². The van der Waals surface area contributed by atoms with Gasteiger partial charge in [-0.25, -0.2) is 0 Å². The van der Waals surface area contributed by atoms with E-state index < -0.39 is 0 Å². The largest absolute Gasteiger partial charge is 0.493 e. The quantitative estimate of drug-likeness (QED) is 0.718. The van der Waals surface area contributed by atoms with Crippen molar-refractivity contribution in [2.24, 2.45) is 0 Å². The summed E-state index contributed by atoms with van der Waals surface area (Å²) < 4.78 is 10.8. The van der Waals surface area contributed by atoms with Crippen LogP contribution in [-0.4, -0.2) is 19.8 Å². The van der Waals surface area contributed by atoms with Crippen molar-refractivity contribution in [2.75, 3.05) is 13.7 Å². The fraction of sp³-hybridized carbons (Fsp3) is 0.467. The van der Waals surface area contributed by atoms with Gasteiger partial charge in [0.1, 0.15) is 0 Å². The van der Waals surface area contributed by atoms with Crippen LogP contribution in [0.2, 0.25) is 0 Å². The lowest BCUT2D eigenvalue weighted by Gasteiger charge is -2.14. The minimum absolute atomic E-state index is 0.431. The van der Waals surface area contributed by atoms with Gasteiger partial charge in [0.15, 0.2) is 11.5 Å². The van der Waals surface area contributed by atoms with Crippen LogP contribution in [0.25, 0.3) is 0 Å². The van der Waals surface area contributed by atoms with Crippen LogP contribution in [-0.2, 0) is 6.54 Å². The maximum Gasteiger partial charge on any atom is 0.161 e. The predicted octanol–water partition coefficient (Wildman–Crippen LogP) is 3.15. The molecule has 1 aromatic carbocycles. The van der Waals surface area contributed by atoms with Crippen LogP contribution in [0.1, 0.15) is 25.8 Å². The summed E-state index contributed by atoms with van der Waals surface area (Å²) in [6.45, 7) is 9.31. The van der Waals surface area contributed by atoms with Crippen LogP contribution >= 0.6 is 0 Å². The van der Waals surface area contributed by atoms with E-state index >= 15 is 0 Å². The first-order chi connectivity index (χ1) is 8.71. The van der Waals surface area contributed by atoms with Crippen LogP contribution < -0.4 is 14.8 Å². The van der Waals surface area contributed by atoms with Crippen molar-refractivity contribution in [2.45, 2.75) is 32.9 Å². The topological polar surface area (TPSA) is 30.5 Å². The number of hydrogen-bond donors (Lipinski definition) is 1. The average molecular weight is 249 g/mol. The van der Waals surface area contributed by atoms with E-state index in [1.54, 1.807) is 7.11 Å². The Morgan fingerprint density at radius 3 is 2.78 bits per heavy atom. The number of methoxy groups -OCH3 is 1. The zero-order chi connectivity index (χ0) is 13.4. The molecule has 0 spiro atoms. The Bertz CT molecular complexity index is 377. The molecule has 18 heavy (non-hydrogen) atoms. The molecule has 3 heteroatoms. The monoisotopic (exact) mass is 249 g/mol. The van der Waals surface area contributed by atoms with Gasteiger partial charge in [0.2, 0.25) is 0 Å². The van der Waals surface area contributed by atoms with E-state index in [0.717, 1.165) is 24.5 Å². The highest BCUT2D eigenvalue weighted by Gasteiger charge is 2.06. The van der Waals surface area contributed by atoms with E-state index in [9.17, 15) is 0 Å². The lowest BCUT2D eigenvalue weighted by Crippen LogP contribution is -2.24. The Morgan fingerprint density at radius 2 is 2.17 bits per heavy atom. The van der Waals surface area contributed by atoms with Gasteiger partial charge in [0.25, 0.3) is 0 Å². The molecule has 3 nitrogen and oxygen atoms in total. The molecule has 0 aliphatic heterocycles. The average Bonchev–Trinajstić information content (AvgIpc) is 2.37. The van der Waals surface area contributed by atoms with Gasteiger partial charge in [-0.3, -0.25) is 0 Å². The second-order valence-corrected chi connectivity index (χ2v) is 4.22. The lowest BCUT2D eigenvalue weighted by molar-refractivity contribution is 0.310. The molecule has 1 rings (SSSR count). The van der Waals surface area contributed by atoms with E-state index in [2.05, 4.69) is 24.9 Å². The van der Waals surface area contributed by atoms with Crippen LogP contribution in [0.3, 0.4) is 0 Å². The number of rotatable bonds is 8. The molecule has 0 radical (unpaired) electrons. The molecule has 0 fully saturated rings. The number of ether oxygens (including phenoxy) is 2. The number of hydrogen-bond acceptors (Lipinski definition) is 3. The maximum atomic E-state index is 5.55. The highest BCUT2D eigenvalue weighted by atomic mass is 16.5. The van der Waals surface area contributed by atoms with Crippen molar-refractivity contribution in [3.8, 4) is 11.5 Å². The number of nitrogens with one attached hydrogen (secondary N) is 1. The van der Waals surface area contributed by atoms with Crippen molar-refractivity contribution in [1.29, 1.82) is 0 Å². The fourth-order valence-corrected chi connectivity index (χ4v) is 1.72. The Labute approximate surface area is 110 Å². The molecular weight excluding hydrogens is 226 g/mol. The molecule has 1 aromatic rings. The van der Waals surface area contributed by atoms with Crippen LogP contribution in [0.15, 0.2) is 30.9 Å². The zero-order valence-electron chi connectivity index (χ0n) is 11.5. The Kier molecular flexibility index (Phi) is 6.29. The summed E-state index contributed by atoms with van der Waals surface area (Å²) in [5.74, 6) is 1.58. The van der Waals surface area contributed by atoms with Crippen molar-refractivity contribution in [3.05, 3.63) is 36.4 Å². The molecule has 0 saturated carbocycles. The third-order valence-electron chi connectivity index (χ3n) is 2.70. The second kappa shape index (κ2) is 7.77. The maximum absolute atomic E-state index is 5.55. The lowest BCUT2D eigenvalue weighted by atomic mass is 10.1. The molecule has 0 bridgehead atoms. The third-order valence-corrected chi connectivity index (χ3v) is 2.70. The molecule has 0 saturated heterocycles. The Balaban J connectivity index is 2.66. The van der Waals surface area contributed by atoms with Crippen molar-refractivity contribution >= 4 is 0 Å². The highest BCUT2D eigenvalue weighted by Crippen LogP contribution is 2.27. The van der Waals surface area contributed by atoms with E-state index in [4.69, 9.17) is 9.47 Å². The molecule has 0 heterocycles. The summed E-state index contributed by atoms with van der Waals surface area (Å²) in [5, 5.41) is 3.44. The summed E-state index contributed by atoms with van der Waals surface area (Å²) in [6, 6.07) is 6.45. The van der Waals surface area contributed by atoms with E-state index in [1.165, 1.54) is 5.56 Å².